The van der Waals surface area contributed by atoms with Gasteiger partial charge in [0.05, 0.1) is 11.1 Å². The summed E-state index contributed by atoms with van der Waals surface area (Å²) in [5, 5.41) is 7.50. The fourth-order valence-electron chi connectivity index (χ4n) is 12.3. The van der Waals surface area contributed by atoms with Crippen molar-refractivity contribution in [2.24, 2.45) is 0 Å². The zero-order chi connectivity index (χ0) is 48.2. The second-order valence-corrected chi connectivity index (χ2v) is 21.7. The minimum atomic E-state index is -0.617. The highest BCUT2D eigenvalue weighted by molar-refractivity contribution is 6.23. The van der Waals surface area contributed by atoms with Gasteiger partial charge in [0.2, 0.25) is 0 Å². The van der Waals surface area contributed by atoms with Crippen molar-refractivity contribution in [3.63, 3.8) is 0 Å². The van der Waals surface area contributed by atoms with Crippen molar-refractivity contribution >= 4 is 66.4 Å². The lowest BCUT2D eigenvalue weighted by molar-refractivity contribution is 0.590. The van der Waals surface area contributed by atoms with E-state index in [0.717, 1.165) is 34.1 Å². The van der Waals surface area contributed by atoms with E-state index in [1.807, 2.05) is 0 Å². The fraction of sp³-hybridized carbons (Fsp3) is 0.130. The average Bonchev–Trinajstić information content (AvgIpc) is 3.88. The van der Waals surface area contributed by atoms with Gasteiger partial charge < -0.3 is 9.80 Å². The molecule has 2 aliphatic rings. The lowest BCUT2D eigenvalue weighted by atomic mass is 9.68. The Labute approximate surface area is 418 Å². The van der Waals surface area contributed by atoms with Gasteiger partial charge in [0.1, 0.15) is 0 Å². The van der Waals surface area contributed by atoms with Gasteiger partial charge in [0.25, 0.3) is 0 Å². The molecule has 2 aliphatic carbocycles. The topological polar surface area (TPSA) is 6.48 Å². The Hall–Kier alpha value is -8.20. The van der Waals surface area contributed by atoms with E-state index in [9.17, 15) is 0 Å². The monoisotopic (exact) mass is 912 g/mol. The van der Waals surface area contributed by atoms with Crippen molar-refractivity contribution in [1.29, 1.82) is 0 Å². The minimum absolute atomic E-state index is 0.0321. The van der Waals surface area contributed by atoms with Crippen molar-refractivity contribution < 1.29 is 0 Å². The highest BCUT2D eigenvalue weighted by Crippen LogP contribution is 2.67. The smallest absolute Gasteiger partial charge is 0.0737 e. The van der Waals surface area contributed by atoms with E-state index in [4.69, 9.17) is 0 Å². The Morgan fingerprint density at radius 3 is 1.28 bits per heavy atom. The van der Waals surface area contributed by atoms with E-state index in [0.29, 0.717) is 0 Å². The first-order chi connectivity index (χ1) is 34.5. The highest BCUT2D eigenvalue weighted by Gasteiger charge is 2.54. The zero-order valence-corrected chi connectivity index (χ0v) is 41.3. The molecule has 13 rings (SSSR count). The SMILES string of the molecule is CC(C)(C)c1ccc(N(c2ccccc2)c2ccc3c4c(c5ccccc5c3c2)-c2cc(N(c3ccccc3)c3ccc(C(C)(C)C)cc3)c3ccccc3c2C42c3ccccc3-c3ccccc32)cc1. The summed E-state index contributed by atoms with van der Waals surface area (Å²) in [6.07, 6.45) is 0. The molecule has 11 aromatic rings. The molecule has 11 aromatic carbocycles. The third-order valence-corrected chi connectivity index (χ3v) is 15.5. The quantitative estimate of drug-likeness (QED) is 0.153. The molecule has 2 nitrogen and oxygen atoms in total. The second-order valence-electron chi connectivity index (χ2n) is 21.7. The Balaban J connectivity index is 1.16. The molecule has 0 radical (unpaired) electrons. The van der Waals surface area contributed by atoms with Crippen LogP contribution in [0, 0.1) is 0 Å². The van der Waals surface area contributed by atoms with Crippen LogP contribution in [0.1, 0.15) is 74.9 Å². The summed E-state index contributed by atoms with van der Waals surface area (Å²) in [5.41, 5.74) is 19.4. The lowest BCUT2D eigenvalue weighted by Crippen LogP contribution is -2.26. The molecule has 0 fully saturated rings. The van der Waals surface area contributed by atoms with Crippen LogP contribution in [0.3, 0.4) is 0 Å². The van der Waals surface area contributed by atoms with Crippen LogP contribution in [0.4, 0.5) is 34.1 Å². The van der Waals surface area contributed by atoms with E-state index in [-0.39, 0.29) is 10.8 Å². The van der Waals surface area contributed by atoms with Crippen molar-refractivity contribution in [3.05, 3.63) is 264 Å². The average molecular weight is 913 g/mol. The molecule has 71 heavy (non-hydrogen) atoms. The molecular weight excluding hydrogens is 857 g/mol. The van der Waals surface area contributed by atoms with Crippen molar-refractivity contribution in [1.82, 2.24) is 0 Å². The molecule has 0 amide bonds. The molecule has 0 saturated heterocycles. The van der Waals surface area contributed by atoms with Gasteiger partial charge in [-0.05, 0) is 160 Å². The lowest BCUT2D eigenvalue weighted by Gasteiger charge is -2.34. The maximum atomic E-state index is 2.55. The molecular formula is C69H56N2. The van der Waals surface area contributed by atoms with E-state index in [1.165, 1.54) is 88.0 Å². The predicted octanol–water partition coefficient (Wildman–Crippen LogP) is 19.0. The van der Waals surface area contributed by atoms with Gasteiger partial charge in [-0.1, -0.05) is 205 Å². The third kappa shape index (κ3) is 6.47. The number of anilines is 6. The minimum Gasteiger partial charge on any atom is -0.310 e. The molecule has 0 bridgehead atoms. The van der Waals surface area contributed by atoms with E-state index in [1.54, 1.807) is 0 Å². The third-order valence-electron chi connectivity index (χ3n) is 15.5. The largest absolute Gasteiger partial charge is 0.310 e. The van der Waals surface area contributed by atoms with Gasteiger partial charge in [0, 0.05) is 33.8 Å². The van der Waals surface area contributed by atoms with Crippen LogP contribution in [0.25, 0.3) is 54.6 Å². The van der Waals surface area contributed by atoms with Crippen molar-refractivity contribution in [2.75, 3.05) is 9.80 Å². The van der Waals surface area contributed by atoms with Gasteiger partial charge in [0.15, 0.2) is 0 Å². The summed E-state index contributed by atoms with van der Waals surface area (Å²) >= 11 is 0. The molecule has 0 heterocycles. The van der Waals surface area contributed by atoms with Crippen molar-refractivity contribution in [3.8, 4) is 22.3 Å². The number of benzene rings is 11. The van der Waals surface area contributed by atoms with Crippen LogP contribution in [0.15, 0.2) is 231 Å². The van der Waals surface area contributed by atoms with Gasteiger partial charge in [-0.15, -0.1) is 0 Å². The summed E-state index contributed by atoms with van der Waals surface area (Å²) in [6, 6.07) is 86.9. The molecule has 1 spiro atoms. The van der Waals surface area contributed by atoms with Gasteiger partial charge in [-0.2, -0.15) is 0 Å². The first kappa shape index (κ1) is 42.9. The molecule has 0 aromatic heterocycles. The van der Waals surface area contributed by atoms with Crippen LogP contribution in [0.2, 0.25) is 0 Å². The predicted molar refractivity (Wildman–Crippen MR) is 302 cm³/mol. The number of para-hydroxylation sites is 2. The zero-order valence-electron chi connectivity index (χ0n) is 41.3. The molecule has 342 valence electrons. The number of rotatable bonds is 6. The first-order valence-corrected chi connectivity index (χ1v) is 25.2. The van der Waals surface area contributed by atoms with Crippen LogP contribution >= 0.6 is 0 Å². The molecule has 0 N–H and O–H groups in total. The number of hydrogen-bond donors (Lipinski definition) is 0. The first-order valence-electron chi connectivity index (χ1n) is 25.2. The molecule has 0 unspecified atom stereocenters. The highest BCUT2D eigenvalue weighted by atomic mass is 15.1. The summed E-state index contributed by atoms with van der Waals surface area (Å²) in [5.74, 6) is 0. The van der Waals surface area contributed by atoms with Gasteiger partial charge in [-0.3, -0.25) is 0 Å². The number of nitrogens with zero attached hydrogens (tertiary/aromatic N) is 2. The Kier molecular flexibility index (Phi) is 9.61. The number of hydrogen-bond acceptors (Lipinski definition) is 2. The van der Waals surface area contributed by atoms with E-state index < -0.39 is 5.41 Å². The van der Waals surface area contributed by atoms with Crippen LogP contribution in [0.5, 0.6) is 0 Å². The summed E-state index contributed by atoms with van der Waals surface area (Å²) in [4.78, 5) is 4.91. The van der Waals surface area contributed by atoms with Crippen LogP contribution in [-0.2, 0) is 16.2 Å². The normalized spacial score (nSPS) is 13.3. The molecule has 0 aliphatic heterocycles. The van der Waals surface area contributed by atoms with Crippen LogP contribution < -0.4 is 9.80 Å². The van der Waals surface area contributed by atoms with E-state index in [2.05, 4.69) is 282 Å². The van der Waals surface area contributed by atoms with Crippen LogP contribution in [-0.4, -0.2) is 0 Å². The Morgan fingerprint density at radius 1 is 0.296 bits per heavy atom. The van der Waals surface area contributed by atoms with Gasteiger partial charge >= 0.3 is 0 Å². The molecule has 2 heteroatoms. The van der Waals surface area contributed by atoms with E-state index >= 15 is 0 Å². The number of fused-ring (bicyclic) bond motifs is 17. The Bertz CT molecular complexity index is 3830. The maximum Gasteiger partial charge on any atom is 0.0737 e. The standard InChI is InChI=1S/C69H56N2/c1-67(2,3)45-33-37-49(38-34-45)70(47-21-9-7-10-22-47)51-41-42-58-59(43-51)52-25-13-15-29-56(52)64-60-44-63(71(48-23-11-8-12-24-48)50-39-35-46(36-40-50)68(4,5)6)55-28-14-16-30-57(55)65(60)69(66(58)64)61-31-19-17-26-53(61)54-27-18-20-32-62(54)69/h7-44H,1-6H3. The van der Waals surface area contributed by atoms with Gasteiger partial charge in [-0.25, -0.2) is 0 Å². The molecule has 0 atom stereocenters. The Morgan fingerprint density at radius 2 is 0.718 bits per heavy atom. The molecule has 0 saturated carbocycles. The summed E-state index contributed by atoms with van der Waals surface area (Å²) in [7, 11) is 0. The second kappa shape index (κ2) is 15.9. The fourth-order valence-corrected chi connectivity index (χ4v) is 12.3. The van der Waals surface area contributed by atoms with Crippen molar-refractivity contribution in [2.45, 2.75) is 57.8 Å². The summed E-state index contributed by atoms with van der Waals surface area (Å²) in [6.45, 7) is 13.7. The maximum absolute atomic E-state index is 2.55. The summed E-state index contributed by atoms with van der Waals surface area (Å²) < 4.78 is 0.